The van der Waals surface area contributed by atoms with Crippen molar-refractivity contribution in [1.29, 1.82) is 0 Å². The molecular formula is C15H14ClN3O3. The zero-order chi connectivity index (χ0) is 15.3. The fraction of sp³-hybridized carbons (Fsp3) is 0.400. The summed E-state index contributed by atoms with van der Waals surface area (Å²) in [6.45, 7) is 0.711. The van der Waals surface area contributed by atoms with E-state index in [1.165, 1.54) is 30.0 Å². The van der Waals surface area contributed by atoms with Gasteiger partial charge in [0, 0.05) is 12.3 Å². The first-order chi connectivity index (χ1) is 10.6. The van der Waals surface area contributed by atoms with E-state index >= 15 is 0 Å². The van der Waals surface area contributed by atoms with Crippen LogP contribution in [0.2, 0.25) is 5.15 Å². The van der Waals surface area contributed by atoms with Crippen molar-refractivity contribution in [3.8, 4) is 11.7 Å². The molecule has 1 spiro atoms. The minimum Gasteiger partial charge on any atom is -0.478 e. The third-order valence-corrected chi connectivity index (χ3v) is 4.84. The third-order valence-electron chi connectivity index (χ3n) is 4.55. The number of carboxylic acid groups (broad SMARTS) is 1. The molecule has 2 saturated carbocycles. The number of pyridine rings is 1. The molecule has 0 amide bonds. The summed E-state index contributed by atoms with van der Waals surface area (Å²) < 4.78 is 7.23. The largest absolute Gasteiger partial charge is 0.478 e. The van der Waals surface area contributed by atoms with Crippen LogP contribution in [0.1, 0.15) is 29.6 Å². The maximum atomic E-state index is 10.9. The predicted octanol–water partition coefficient (Wildman–Crippen LogP) is 2.80. The van der Waals surface area contributed by atoms with Crippen molar-refractivity contribution in [3.05, 3.63) is 35.1 Å². The van der Waals surface area contributed by atoms with E-state index in [0.717, 1.165) is 0 Å². The van der Waals surface area contributed by atoms with Gasteiger partial charge in [-0.1, -0.05) is 11.6 Å². The quantitative estimate of drug-likeness (QED) is 0.857. The Balaban J connectivity index is 1.46. The molecule has 1 N–H and O–H groups in total. The number of carboxylic acids is 1. The molecule has 22 heavy (non-hydrogen) atoms. The van der Waals surface area contributed by atoms with Crippen molar-refractivity contribution in [1.82, 2.24) is 14.8 Å². The Morgan fingerprint density at radius 2 is 2.27 bits per heavy atom. The molecule has 0 saturated heterocycles. The summed E-state index contributed by atoms with van der Waals surface area (Å²) in [5.74, 6) is 0.574. The summed E-state index contributed by atoms with van der Waals surface area (Å²) >= 11 is 5.87. The highest BCUT2D eigenvalue weighted by Gasteiger charge is 2.62. The first-order valence-corrected chi connectivity index (χ1v) is 7.54. The zero-order valence-electron chi connectivity index (χ0n) is 11.7. The van der Waals surface area contributed by atoms with Gasteiger partial charge in [0.1, 0.15) is 5.15 Å². The maximum Gasteiger partial charge on any atom is 0.338 e. The standard InChI is InChI=1S/C15H14ClN3O3/c16-13-10(14(20)21)1-2-11(17-13)19-6-3-12(18-19)22-8-9-7-15(9)4-5-15/h1-3,6,9H,4-5,7-8H2,(H,20,21). The van der Waals surface area contributed by atoms with Crippen molar-refractivity contribution < 1.29 is 14.6 Å². The molecule has 2 heterocycles. The van der Waals surface area contributed by atoms with Gasteiger partial charge < -0.3 is 9.84 Å². The van der Waals surface area contributed by atoms with E-state index < -0.39 is 5.97 Å². The summed E-state index contributed by atoms with van der Waals surface area (Å²) in [5, 5.41) is 13.2. The normalized spacial score (nSPS) is 20.9. The summed E-state index contributed by atoms with van der Waals surface area (Å²) in [6.07, 6.45) is 5.68. The number of aromatic nitrogens is 3. The fourth-order valence-corrected chi connectivity index (χ4v) is 3.08. The Morgan fingerprint density at radius 1 is 1.45 bits per heavy atom. The Morgan fingerprint density at radius 3 is 2.91 bits per heavy atom. The van der Waals surface area contributed by atoms with Crippen molar-refractivity contribution >= 4 is 17.6 Å². The Hall–Kier alpha value is -2.08. The lowest BCUT2D eigenvalue weighted by molar-refractivity contribution is 0.0696. The summed E-state index contributed by atoms with van der Waals surface area (Å²) in [7, 11) is 0. The van der Waals surface area contributed by atoms with Crippen molar-refractivity contribution in [3.63, 3.8) is 0 Å². The predicted molar refractivity (Wildman–Crippen MR) is 78.6 cm³/mol. The second-order valence-electron chi connectivity index (χ2n) is 5.99. The van der Waals surface area contributed by atoms with Gasteiger partial charge >= 0.3 is 5.97 Å². The molecule has 2 fully saturated rings. The minimum absolute atomic E-state index is 0.0301. The third kappa shape index (κ3) is 2.33. The fourth-order valence-electron chi connectivity index (χ4n) is 2.85. The minimum atomic E-state index is -1.10. The van der Waals surface area contributed by atoms with Crippen LogP contribution in [0.5, 0.6) is 5.88 Å². The van der Waals surface area contributed by atoms with Gasteiger partial charge in [0.25, 0.3) is 0 Å². The average Bonchev–Trinajstić information content (AvgIpc) is 3.36. The van der Waals surface area contributed by atoms with E-state index in [-0.39, 0.29) is 10.7 Å². The second-order valence-corrected chi connectivity index (χ2v) is 6.34. The first kappa shape index (κ1) is 13.6. The van der Waals surface area contributed by atoms with E-state index in [2.05, 4.69) is 10.1 Å². The highest BCUT2D eigenvalue weighted by Crippen LogP contribution is 2.70. The monoisotopic (exact) mass is 319 g/mol. The van der Waals surface area contributed by atoms with Crippen LogP contribution in [0.25, 0.3) is 5.82 Å². The molecule has 0 aliphatic heterocycles. The average molecular weight is 320 g/mol. The number of ether oxygens (including phenoxy) is 1. The summed E-state index contributed by atoms with van der Waals surface area (Å²) in [4.78, 5) is 15.0. The number of hydrogen-bond acceptors (Lipinski definition) is 4. The number of aromatic carboxylic acids is 1. The van der Waals surface area contributed by atoms with Gasteiger partial charge in [-0.25, -0.2) is 14.5 Å². The van der Waals surface area contributed by atoms with Gasteiger partial charge in [-0.05, 0) is 42.7 Å². The molecule has 2 aromatic rings. The number of nitrogens with zero attached hydrogens (tertiary/aromatic N) is 3. The van der Waals surface area contributed by atoms with E-state index in [9.17, 15) is 4.79 Å². The van der Waals surface area contributed by atoms with Gasteiger partial charge in [-0.15, -0.1) is 5.10 Å². The number of rotatable bonds is 5. The van der Waals surface area contributed by atoms with Gasteiger partial charge in [-0.3, -0.25) is 0 Å². The van der Waals surface area contributed by atoms with E-state index in [0.29, 0.717) is 29.6 Å². The molecule has 0 radical (unpaired) electrons. The molecule has 2 aliphatic rings. The maximum absolute atomic E-state index is 10.9. The molecule has 114 valence electrons. The van der Waals surface area contributed by atoms with Crippen molar-refractivity contribution in [2.24, 2.45) is 11.3 Å². The smallest absolute Gasteiger partial charge is 0.338 e. The lowest BCUT2D eigenvalue weighted by Gasteiger charge is -2.04. The Bertz CT molecular complexity index is 754. The van der Waals surface area contributed by atoms with Gasteiger partial charge in [0.2, 0.25) is 5.88 Å². The van der Waals surface area contributed by atoms with Crippen LogP contribution in [0.15, 0.2) is 24.4 Å². The summed E-state index contributed by atoms with van der Waals surface area (Å²) in [5.41, 5.74) is 0.585. The SMILES string of the molecule is O=C(O)c1ccc(-n2ccc(OCC3CC34CC4)n2)nc1Cl. The molecule has 1 atom stereocenters. The van der Waals surface area contributed by atoms with Gasteiger partial charge in [-0.2, -0.15) is 0 Å². The molecule has 7 heteroatoms. The number of hydrogen-bond donors (Lipinski definition) is 1. The molecule has 1 unspecified atom stereocenters. The number of carbonyl (C=O) groups is 1. The van der Waals surface area contributed by atoms with Crippen LogP contribution in [-0.2, 0) is 0 Å². The molecule has 6 nitrogen and oxygen atoms in total. The van der Waals surface area contributed by atoms with Crippen molar-refractivity contribution in [2.75, 3.05) is 6.61 Å². The van der Waals surface area contributed by atoms with Crippen LogP contribution >= 0.6 is 11.6 Å². The van der Waals surface area contributed by atoms with E-state index in [4.69, 9.17) is 21.4 Å². The Kier molecular flexibility index (Phi) is 2.91. The Labute approximate surface area is 131 Å². The number of halogens is 1. The summed E-state index contributed by atoms with van der Waals surface area (Å²) in [6, 6.07) is 4.74. The molecule has 2 aromatic heterocycles. The van der Waals surface area contributed by atoms with E-state index in [1.807, 2.05) is 0 Å². The van der Waals surface area contributed by atoms with Crippen LogP contribution in [-0.4, -0.2) is 32.4 Å². The molecular weight excluding hydrogens is 306 g/mol. The second kappa shape index (κ2) is 4.71. The highest BCUT2D eigenvalue weighted by molar-refractivity contribution is 6.32. The molecule has 4 rings (SSSR count). The van der Waals surface area contributed by atoms with Crippen LogP contribution in [0.4, 0.5) is 0 Å². The van der Waals surface area contributed by atoms with Crippen molar-refractivity contribution in [2.45, 2.75) is 19.3 Å². The zero-order valence-corrected chi connectivity index (χ0v) is 12.5. The lowest BCUT2D eigenvalue weighted by atomic mass is 10.3. The molecule has 0 aromatic carbocycles. The van der Waals surface area contributed by atoms with Gasteiger partial charge in [0.15, 0.2) is 5.82 Å². The van der Waals surface area contributed by atoms with E-state index in [1.54, 1.807) is 18.3 Å². The van der Waals surface area contributed by atoms with Crippen LogP contribution in [0.3, 0.4) is 0 Å². The molecule has 2 aliphatic carbocycles. The van der Waals surface area contributed by atoms with Gasteiger partial charge in [0.05, 0.1) is 12.2 Å². The first-order valence-electron chi connectivity index (χ1n) is 7.16. The molecule has 0 bridgehead atoms. The highest BCUT2D eigenvalue weighted by atomic mass is 35.5. The van der Waals surface area contributed by atoms with Crippen LogP contribution < -0.4 is 4.74 Å². The van der Waals surface area contributed by atoms with Crippen LogP contribution in [0, 0.1) is 11.3 Å². The lowest BCUT2D eigenvalue weighted by Crippen LogP contribution is -2.05. The topological polar surface area (TPSA) is 77.2 Å².